The van der Waals surface area contributed by atoms with E-state index in [1.54, 1.807) is 24.3 Å². The van der Waals surface area contributed by atoms with Crippen LogP contribution in [0.1, 0.15) is 15.9 Å². The number of carbonyl (C=O) groups excluding carboxylic acids is 1. The van der Waals surface area contributed by atoms with Crippen LogP contribution >= 0.6 is 12.4 Å². The Bertz CT molecular complexity index is 655. The molecule has 0 radical (unpaired) electrons. The first-order valence-electron chi connectivity index (χ1n) is 6.88. The van der Waals surface area contributed by atoms with Gasteiger partial charge in [0.25, 0.3) is 0 Å². The quantitative estimate of drug-likeness (QED) is 0.760. The molecule has 1 saturated carbocycles. The molecule has 0 amide bonds. The number of ether oxygens (including phenoxy) is 1. The van der Waals surface area contributed by atoms with Crippen LogP contribution in [0, 0.1) is 11.8 Å². The number of piperidine rings is 1. The summed E-state index contributed by atoms with van der Waals surface area (Å²) in [5, 5.41) is 3.23. The number of methoxy groups -OCH3 is 1. The van der Waals surface area contributed by atoms with Gasteiger partial charge in [0.15, 0.2) is 0 Å². The van der Waals surface area contributed by atoms with Gasteiger partial charge in [-0.15, -0.1) is 12.4 Å². The second kappa shape index (κ2) is 6.54. The number of esters is 1. The highest BCUT2D eigenvalue weighted by Crippen LogP contribution is 2.42. The highest BCUT2D eigenvalue weighted by molar-refractivity contribution is 7.88. The van der Waals surface area contributed by atoms with Crippen molar-refractivity contribution in [3.63, 3.8) is 0 Å². The molecule has 8 heteroatoms. The number of rotatable bonds is 5. The molecule has 1 saturated heterocycles. The summed E-state index contributed by atoms with van der Waals surface area (Å²) in [6, 6.07) is 6.58. The Morgan fingerprint density at radius 2 is 2.05 bits per heavy atom. The molecular formula is C14H19ClN2O4S. The lowest BCUT2D eigenvalue weighted by Crippen LogP contribution is -2.33. The Balaban J connectivity index is 0.00000176. The number of nitrogens with one attached hydrogen (secondary N) is 2. The van der Waals surface area contributed by atoms with Crippen LogP contribution in [0.4, 0.5) is 0 Å². The molecule has 1 aliphatic carbocycles. The molecule has 0 bridgehead atoms. The first-order valence-corrected chi connectivity index (χ1v) is 8.53. The van der Waals surface area contributed by atoms with Crippen molar-refractivity contribution in [3.05, 3.63) is 35.4 Å². The van der Waals surface area contributed by atoms with Gasteiger partial charge in [0.05, 0.1) is 18.4 Å². The molecule has 1 aromatic carbocycles. The first-order chi connectivity index (χ1) is 10.00. The van der Waals surface area contributed by atoms with Crippen LogP contribution < -0.4 is 10.0 Å². The van der Waals surface area contributed by atoms with Gasteiger partial charge >= 0.3 is 5.97 Å². The summed E-state index contributed by atoms with van der Waals surface area (Å²) in [4.78, 5) is 11.5. The third kappa shape index (κ3) is 3.60. The van der Waals surface area contributed by atoms with E-state index in [0.29, 0.717) is 23.0 Å². The molecule has 2 atom stereocenters. The lowest BCUT2D eigenvalue weighted by Gasteiger charge is -2.09. The van der Waals surface area contributed by atoms with E-state index < -0.39 is 16.0 Å². The largest absolute Gasteiger partial charge is 0.465 e. The van der Waals surface area contributed by atoms with Crippen molar-refractivity contribution < 1.29 is 17.9 Å². The monoisotopic (exact) mass is 346 g/mol. The van der Waals surface area contributed by atoms with E-state index in [1.165, 1.54) is 7.11 Å². The van der Waals surface area contributed by atoms with E-state index in [0.717, 1.165) is 13.1 Å². The summed E-state index contributed by atoms with van der Waals surface area (Å²) in [7, 11) is -2.09. The van der Waals surface area contributed by atoms with Crippen LogP contribution in [0.25, 0.3) is 0 Å². The molecule has 0 aromatic heterocycles. The fourth-order valence-corrected chi connectivity index (χ4v) is 4.43. The number of sulfonamides is 1. The molecular weight excluding hydrogens is 328 g/mol. The van der Waals surface area contributed by atoms with Crippen molar-refractivity contribution in [1.82, 2.24) is 10.0 Å². The highest BCUT2D eigenvalue weighted by atomic mass is 35.5. The molecule has 0 spiro atoms. The van der Waals surface area contributed by atoms with E-state index in [2.05, 4.69) is 14.8 Å². The van der Waals surface area contributed by atoms with Crippen LogP contribution in [-0.4, -0.2) is 40.6 Å². The minimum absolute atomic E-state index is 0. The molecule has 2 fully saturated rings. The zero-order valence-electron chi connectivity index (χ0n) is 12.1. The molecule has 1 aromatic rings. The molecule has 122 valence electrons. The van der Waals surface area contributed by atoms with E-state index in [4.69, 9.17) is 0 Å². The standard InChI is InChI=1S/C14H18N2O4S.ClH/c1-20-14(17)10-4-2-3-9(5-10)8-21(18,19)16-13-11-6-15-7-12(11)13;/h2-5,11-13,15-16H,6-8H2,1H3;1H. The molecule has 6 nitrogen and oxygen atoms in total. The fraction of sp³-hybridized carbons (Fsp3) is 0.500. The predicted molar refractivity (Wildman–Crippen MR) is 84.4 cm³/mol. The Kier molecular flexibility index (Phi) is 5.11. The number of halogens is 1. The van der Waals surface area contributed by atoms with Crippen molar-refractivity contribution in [3.8, 4) is 0 Å². The summed E-state index contributed by atoms with van der Waals surface area (Å²) >= 11 is 0. The molecule has 2 unspecified atom stereocenters. The Labute approximate surface area is 136 Å². The summed E-state index contributed by atoms with van der Waals surface area (Å²) in [5.74, 6) is 0.272. The second-order valence-corrected chi connectivity index (χ2v) is 7.33. The van der Waals surface area contributed by atoms with Crippen molar-refractivity contribution in [2.45, 2.75) is 11.8 Å². The number of hydrogen-bond donors (Lipinski definition) is 2. The van der Waals surface area contributed by atoms with Crippen LogP contribution in [-0.2, 0) is 20.5 Å². The highest BCUT2D eigenvalue weighted by Gasteiger charge is 2.54. The van der Waals surface area contributed by atoms with Crippen LogP contribution in [0.5, 0.6) is 0 Å². The van der Waals surface area contributed by atoms with Gasteiger partial charge in [0, 0.05) is 6.04 Å². The van der Waals surface area contributed by atoms with Gasteiger partial charge in [0.2, 0.25) is 10.0 Å². The second-order valence-electron chi connectivity index (χ2n) is 5.58. The van der Waals surface area contributed by atoms with Gasteiger partial charge in [-0.2, -0.15) is 0 Å². The van der Waals surface area contributed by atoms with Gasteiger partial charge < -0.3 is 10.1 Å². The van der Waals surface area contributed by atoms with Crippen molar-refractivity contribution in [1.29, 1.82) is 0 Å². The number of carbonyl (C=O) groups is 1. The van der Waals surface area contributed by atoms with Crippen molar-refractivity contribution >= 4 is 28.4 Å². The Morgan fingerprint density at radius 1 is 1.36 bits per heavy atom. The maximum atomic E-state index is 12.2. The Morgan fingerprint density at radius 3 is 2.68 bits per heavy atom. The van der Waals surface area contributed by atoms with Crippen molar-refractivity contribution in [2.24, 2.45) is 11.8 Å². The van der Waals surface area contributed by atoms with Gasteiger partial charge in [-0.3, -0.25) is 0 Å². The SMILES string of the molecule is COC(=O)c1cccc(CS(=O)(=O)NC2C3CNCC32)c1.Cl. The van der Waals surface area contributed by atoms with Gasteiger partial charge in [-0.1, -0.05) is 12.1 Å². The summed E-state index contributed by atoms with van der Waals surface area (Å²) in [5.41, 5.74) is 0.937. The molecule has 2 N–H and O–H groups in total. The topological polar surface area (TPSA) is 84.5 Å². The van der Waals surface area contributed by atoms with Crippen LogP contribution in [0.15, 0.2) is 24.3 Å². The van der Waals surface area contributed by atoms with E-state index in [1.807, 2.05) is 0 Å². The average Bonchev–Trinajstić information content (AvgIpc) is 2.88. The third-order valence-corrected chi connectivity index (χ3v) is 5.46. The maximum Gasteiger partial charge on any atom is 0.337 e. The van der Waals surface area contributed by atoms with E-state index in [-0.39, 0.29) is 24.2 Å². The van der Waals surface area contributed by atoms with E-state index >= 15 is 0 Å². The van der Waals surface area contributed by atoms with Crippen LogP contribution in [0.3, 0.4) is 0 Å². The molecule has 22 heavy (non-hydrogen) atoms. The lowest BCUT2D eigenvalue weighted by molar-refractivity contribution is 0.0600. The zero-order valence-corrected chi connectivity index (χ0v) is 13.7. The summed E-state index contributed by atoms with van der Waals surface area (Å²) < 4.78 is 31.8. The minimum Gasteiger partial charge on any atom is -0.465 e. The molecule has 1 heterocycles. The number of benzene rings is 1. The lowest BCUT2D eigenvalue weighted by atomic mass is 10.1. The van der Waals surface area contributed by atoms with Gasteiger partial charge in [0.1, 0.15) is 0 Å². The van der Waals surface area contributed by atoms with Gasteiger partial charge in [-0.05, 0) is 42.6 Å². The number of hydrogen-bond acceptors (Lipinski definition) is 5. The summed E-state index contributed by atoms with van der Waals surface area (Å²) in [6.45, 7) is 1.77. The predicted octanol–water partition coefficient (Wildman–Crippen LogP) is 0.532. The minimum atomic E-state index is -3.39. The first kappa shape index (κ1) is 17.2. The molecule has 2 aliphatic rings. The normalized spacial score (nSPS) is 26.0. The fourth-order valence-electron chi connectivity index (χ4n) is 2.97. The van der Waals surface area contributed by atoms with E-state index in [9.17, 15) is 13.2 Å². The van der Waals surface area contributed by atoms with Crippen LogP contribution in [0.2, 0.25) is 0 Å². The zero-order chi connectivity index (χ0) is 15.0. The third-order valence-electron chi connectivity index (χ3n) is 4.11. The number of fused-ring (bicyclic) bond motifs is 1. The molecule has 3 rings (SSSR count). The maximum absolute atomic E-state index is 12.2. The van der Waals surface area contributed by atoms with Gasteiger partial charge in [-0.25, -0.2) is 17.9 Å². The average molecular weight is 347 g/mol. The smallest absolute Gasteiger partial charge is 0.337 e. The van der Waals surface area contributed by atoms with Crippen molar-refractivity contribution in [2.75, 3.05) is 20.2 Å². The summed E-state index contributed by atoms with van der Waals surface area (Å²) in [6.07, 6.45) is 0. The Hall–Kier alpha value is -1.15. The molecule has 1 aliphatic heterocycles.